The van der Waals surface area contributed by atoms with Crippen LogP contribution in [0.5, 0.6) is 0 Å². The third kappa shape index (κ3) is 2.56. The Morgan fingerprint density at radius 3 is 2.77 bits per heavy atom. The van der Waals surface area contributed by atoms with Gasteiger partial charge in [0, 0.05) is 6.42 Å². The number of hydrogen-bond acceptors (Lipinski definition) is 4. The molecule has 0 aromatic heterocycles. The van der Waals surface area contributed by atoms with Gasteiger partial charge >= 0.3 is 5.97 Å². The first-order chi connectivity index (χ1) is 6.13. The van der Waals surface area contributed by atoms with E-state index in [0.717, 1.165) is 18.6 Å². The maximum absolute atomic E-state index is 11.3. The van der Waals surface area contributed by atoms with Gasteiger partial charge in [-0.3, -0.25) is 4.79 Å². The molecule has 13 heavy (non-hydrogen) atoms. The van der Waals surface area contributed by atoms with E-state index in [1.54, 1.807) is 23.5 Å². The minimum atomic E-state index is -0.223. The first kappa shape index (κ1) is 11.2. The van der Waals surface area contributed by atoms with Crippen LogP contribution in [0.2, 0.25) is 0 Å². The second-order valence-electron chi connectivity index (χ2n) is 3.19. The van der Waals surface area contributed by atoms with Crippen molar-refractivity contribution in [2.24, 2.45) is 0 Å². The number of cyclic esters (lactones) is 1. The molecule has 0 bridgehead atoms. The lowest BCUT2D eigenvalue weighted by atomic mass is 10.2. The number of ether oxygens (including phenoxy) is 1. The van der Waals surface area contributed by atoms with Crippen LogP contribution in [0.3, 0.4) is 0 Å². The summed E-state index contributed by atoms with van der Waals surface area (Å²) >= 11 is 3.48. The van der Waals surface area contributed by atoms with Crippen molar-refractivity contribution in [1.82, 2.24) is 0 Å². The molecule has 76 valence electrons. The number of rotatable bonds is 4. The summed E-state index contributed by atoms with van der Waals surface area (Å²) in [5.41, 5.74) is 0. The Balaban J connectivity index is 2.56. The Bertz CT molecular complexity index is 196. The zero-order valence-electron chi connectivity index (χ0n) is 8.33. The fraction of sp³-hybridized carbons (Fsp3) is 0.889. The van der Waals surface area contributed by atoms with E-state index in [4.69, 9.17) is 4.74 Å². The molecular formula is C9H16O2S2. The molecule has 0 amide bonds. The van der Waals surface area contributed by atoms with Gasteiger partial charge in [0.1, 0.15) is 5.25 Å². The van der Waals surface area contributed by atoms with Crippen molar-refractivity contribution in [3.8, 4) is 0 Å². The molecule has 4 heteroatoms. The normalized spacial score (nSPS) is 33.5. The summed E-state index contributed by atoms with van der Waals surface area (Å²) in [5, 5.41) is 0.0156. The van der Waals surface area contributed by atoms with E-state index < -0.39 is 0 Å². The fourth-order valence-electron chi connectivity index (χ4n) is 1.36. The third-order valence-corrected chi connectivity index (χ3v) is 4.40. The highest BCUT2D eigenvalue weighted by Crippen LogP contribution is 2.43. The lowest BCUT2D eigenvalue weighted by molar-refractivity contribution is -0.147. The Labute approximate surface area is 88.2 Å². The Morgan fingerprint density at radius 2 is 2.38 bits per heavy atom. The molecule has 0 spiro atoms. The van der Waals surface area contributed by atoms with E-state index in [9.17, 15) is 4.79 Å². The van der Waals surface area contributed by atoms with Crippen LogP contribution >= 0.6 is 23.5 Å². The molecular weight excluding hydrogens is 204 g/mol. The van der Waals surface area contributed by atoms with Crippen LogP contribution in [0.25, 0.3) is 0 Å². The standard InChI is InChI=1S/C9H16O2S2/c1-4-9(5-6-12-3)11-8(10)7(2)13-9/h7H,4-6H2,1-3H3. The summed E-state index contributed by atoms with van der Waals surface area (Å²) in [6, 6.07) is 0. The number of carbonyl (C=O) groups excluding carboxylic acids is 1. The maximum Gasteiger partial charge on any atom is 0.320 e. The van der Waals surface area contributed by atoms with Gasteiger partial charge in [-0.05, 0) is 25.4 Å². The highest BCUT2D eigenvalue weighted by molar-refractivity contribution is 8.02. The maximum atomic E-state index is 11.3. The number of thioether (sulfide) groups is 2. The topological polar surface area (TPSA) is 26.3 Å². The molecule has 2 nitrogen and oxygen atoms in total. The molecule has 1 fully saturated rings. The van der Waals surface area contributed by atoms with E-state index in [-0.39, 0.29) is 16.2 Å². The zero-order chi connectivity index (χ0) is 9.90. The van der Waals surface area contributed by atoms with Gasteiger partial charge < -0.3 is 4.74 Å². The molecule has 0 radical (unpaired) electrons. The van der Waals surface area contributed by atoms with Crippen LogP contribution in [0, 0.1) is 0 Å². The van der Waals surface area contributed by atoms with Crippen LogP contribution < -0.4 is 0 Å². The van der Waals surface area contributed by atoms with Gasteiger partial charge in [-0.2, -0.15) is 11.8 Å². The van der Waals surface area contributed by atoms with E-state index in [2.05, 4.69) is 13.2 Å². The van der Waals surface area contributed by atoms with Crippen LogP contribution in [-0.4, -0.2) is 28.2 Å². The van der Waals surface area contributed by atoms with Crippen molar-refractivity contribution in [2.75, 3.05) is 12.0 Å². The predicted octanol–water partition coefficient (Wildman–Crippen LogP) is 2.52. The second-order valence-corrected chi connectivity index (χ2v) is 5.86. The number of esters is 1. The smallest absolute Gasteiger partial charge is 0.320 e. The number of hydrogen-bond donors (Lipinski definition) is 0. The van der Waals surface area contributed by atoms with Crippen LogP contribution in [0.1, 0.15) is 26.7 Å². The van der Waals surface area contributed by atoms with E-state index in [1.165, 1.54) is 0 Å². The average molecular weight is 220 g/mol. The summed E-state index contributed by atoms with van der Waals surface area (Å²) in [6.45, 7) is 4.00. The monoisotopic (exact) mass is 220 g/mol. The van der Waals surface area contributed by atoms with Gasteiger partial charge in [0.25, 0.3) is 0 Å². The molecule has 0 saturated carbocycles. The van der Waals surface area contributed by atoms with Gasteiger partial charge in [-0.1, -0.05) is 18.7 Å². The molecule has 1 saturated heterocycles. The van der Waals surface area contributed by atoms with Crippen molar-refractivity contribution in [2.45, 2.75) is 36.9 Å². The van der Waals surface area contributed by atoms with E-state index in [0.29, 0.717) is 0 Å². The van der Waals surface area contributed by atoms with Crippen molar-refractivity contribution >= 4 is 29.5 Å². The average Bonchev–Trinajstić information content (AvgIpc) is 2.40. The minimum Gasteiger partial charge on any atom is -0.447 e. The van der Waals surface area contributed by atoms with Crippen molar-refractivity contribution in [3.63, 3.8) is 0 Å². The summed E-state index contributed by atoms with van der Waals surface area (Å²) in [5.74, 6) is 1.01. The third-order valence-electron chi connectivity index (χ3n) is 2.24. The minimum absolute atomic E-state index is 0.0156. The highest BCUT2D eigenvalue weighted by atomic mass is 32.2. The lowest BCUT2D eigenvalue weighted by Gasteiger charge is -2.24. The van der Waals surface area contributed by atoms with Crippen LogP contribution in [0.4, 0.5) is 0 Å². The van der Waals surface area contributed by atoms with E-state index in [1.807, 2.05) is 6.92 Å². The quantitative estimate of drug-likeness (QED) is 0.680. The fourth-order valence-corrected chi connectivity index (χ4v) is 3.33. The van der Waals surface area contributed by atoms with Crippen LogP contribution in [0.15, 0.2) is 0 Å². The Morgan fingerprint density at radius 1 is 1.69 bits per heavy atom. The van der Waals surface area contributed by atoms with Crippen molar-refractivity contribution in [1.29, 1.82) is 0 Å². The summed E-state index contributed by atoms with van der Waals surface area (Å²) in [6.07, 6.45) is 3.95. The molecule has 1 aliphatic heterocycles. The molecule has 0 aromatic carbocycles. The molecule has 2 unspecified atom stereocenters. The molecule has 1 heterocycles. The molecule has 1 aliphatic rings. The lowest BCUT2D eigenvalue weighted by Crippen LogP contribution is -2.25. The van der Waals surface area contributed by atoms with Gasteiger partial charge in [-0.15, -0.1) is 0 Å². The van der Waals surface area contributed by atoms with Gasteiger partial charge in [0.05, 0.1) is 0 Å². The molecule has 0 aliphatic carbocycles. The highest BCUT2D eigenvalue weighted by Gasteiger charge is 2.43. The summed E-state index contributed by atoms with van der Waals surface area (Å²) in [7, 11) is 0. The van der Waals surface area contributed by atoms with Crippen LogP contribution in [-0.2, 0) is 9.53 Å². The Hall–Kier alpha value is 0.170. The van der Waals surface area contributed by atoms with Gasteiger partial charge in [-0.25, -0.2) is 0 Å². The molecule has 1 rings (SSSR count). The molecule has 0 N–H and O–H groups in total. The largest absolute Gasteiger partial charge is 0.447 e. The van der Waals surface area contributed by atoms with Gasteiger partial charge in [0.2, 0.25) is 0 Å². The SMILES string of the molecule is CCC1(CCSC)OC(=O)C(C)S1. The van der Waals surface area contributed by atoms with Crippen molar-refractivity contribution < 1.29 is 9.53 Å². The molecule has 2 atom stereocenters. The first-order valence-electron chi connectivity index (χ1n) is 4.53. The molecule has 0 aromatic rings. The second kappa shape index (κ2) is 4.60. The zero-order valence-corrected chi connectivity index (χ0v) is 9.96. The first-order valence-corrected chi connectivity index (χ1v) is 6.80. The summed E-state index contributed by atoms with van der Waals surface area (Å²) in [4.78, 5) is 11.0. The summed E-state index contributed by atoms with van der Waals surface area (Å²) < 4.78 is 5.42. The van der Waals surface area contributed by atoms with E-state index >= 15 is 0 Å². The Kier molecular flexibility index (Phi) is 3.98. The van der Waals surface area contributed by atoms with Crippen molar-refractivity contribution in [3.05, 3.63) is 0 Å². The number of carbonyl (C=O) groups is 1. The predicted molar refractivity (Wildman–Crippen MR) is 59.2 cm³/mol. The van der Waals surface area contributed by atoms with Gasteiger partial charge in [0.15, 0.2) is 4.93 Å².